The number of rotatable bonds is 5. The Morgan fingerprint density at radius 1 is 1.21 bits per heavy atom. The van der Waals surface area contributed by atoms with Gasteiger partial charge in [0.15, 0.2) is 0 Å². The minimum absolute atomic E-state index is 0.0361. The van der Waals surface area contributed by atoms with Gasteiger partial charge in [-0.2, -0.15) is 0 Å². The molecule has 19 heavy (non-hydrogen) atoms. The Labute approximate surface area is 118 Å². The van der Waals surface area contributed by atoms with Crippen LogP contribution in [0.25, 0.3) is 0 Å². The summed E-state index contributed by atoms with van der Waals surface area (Å²) in [4.78, 5) is 2.52. The number of piperidine rings is 1. The zero-order valence-corrected chi connectivity index (χ0v) is 12.6. The van der Waals surface area contributed by atoms with Crippen LogP contribution in [0, 0.1) is 11.8 Å². The number of hydrogen-bond donors (Lipinski definition) is 1. The predicted octanol–water partition coefficient (Wildman–Crippen LogP) is 3.61. The Hall–Kier alpha value is -0.340. The van der Waals surface area contributed by atoms with E-state index in [-0.39, 0.29) is 6.10 Å². The normalized spacial score (nSPS) is 30.7. The van der Waals surface area contributed by atoms with Gasteiger partial charge < -0.3 is 10.0 Å². The molecule has 1 N–H and O–H groups in total. The van der Waals surface area contributed by atoms with Crippen LogP contribution in [0.5, 0.6) is 0 Å². The third-order valence-corrected chi connectivity index (χ3v) is 4.84. The molecule has 1 aliphatic carbocycles. The lowest BCUT2D eigenvalue weighted by Crippen LogP contribution is -2.36. The second kappa shape index (κ2) is 7.44. The van der Waals surface area contributed by atoms with Crippen LogP contribution < -0.4 is 0 Å². The maximum atomic E-state index is 9.48. The lowest BCUT2D eigenvalue weighted by molar-refractivity contribution is 0.0815. The standard InChI is InChI=1S/C17H31NO/c1-14-11-15(2)13-16(12-14)5-3-4-8-18-9-6-17(19)7-10-18/h15-17,19H,1,3-13H2,2H3. The summed E-state index contributed by atoms with van der Waals surface area (Å²) in [6.45, 7) is 9.99. The lowest BCUT2D eigenvalue weighted by Gasteiger charge is -2.30. The Bertz CT molecular complexity index is 281. The van der Waals surface area contributed by atoms with Crippen LogP contribution in [0.15, 0.2) is 12.2 Å². The van der Waals surface area contributed by atoms with Crippen LogP contribution in [0.4, 0.5) is 0 Å². The highest BCUT2D eigenvalue weighted by molar-refractivity contribution is 5.01. The first-order chi connectivity index (χ1) is 9.13. The van der Waals surface area contributed by atoms with E-state index in [9.17, 15) is 5.11 Å². The molecular weight excluding hydrogens is 234 g/mol. The van der Waals surface area contributed by atoms with Gasteiger partial charge in [-0.25, -0.2) is 0 Å². The summed E-state index contributed by atoms with van der Waals surface area (Å²) in [7, 11) is 0. The predicted molar refractivity (Wildman–Crippen MR) is 81.2 cm³/mol. The molecule has 0 radical (unpaired) electrons. The average molecular weight is 265 g/mol. The van der Waals surface area contributed by atoms with Crippen molar-refractivity contribution in [3.05, 3.63) is 12.2 Å². The number of unbranched alkanes of at least 4 members (excludes halogenated alkanes) is 1. The van der Waals surface area contributed by atoms with Gasteiger partial charge in [0.2, 0.25) is 0 Å². The summed E-state index contributed by atoms with van der Waals surface area (Å²) in [5, 5.41) is 9.48. The topological polar surface area (TPSA) is 23.5 Å². The highest BCUT2D eigenvalue weighted by Gasteiger charge is 2.21. The Morgan fingerprint density at radius 2 is 1.95 bits per heavy atom. The maximum absolute atomic E-state index is 9.48. The van der Waals surface area contributed by atoms with Crippen LogP contribution in [-0.2, 0) is 0 Å². The first-order valence-electron chi connectivity index (χ1n) is 8.20. The van der Waals surface area contributed by atoms with Crippen molar-refractivity contribution in [1.29, 1.82) is 0 Å². The quantitative estimate of drug-likeness (QED) is 0.606. The second-order valence-electron chi connectivity index (χ2n) is 6.93. The molecule has 1 aliphatic heterocycles. The molecule has 2 aliphatic rings. The highest BCUT2D eigenvalue weighted by atomic mass is 16.3. The Morgan fingerprint density at radius 3 is 2.63 bits per heavy atom. The van der Waals surface area contributed by atoms with Crippen molar-refractivity contribution in [2.75, 3.05) is 19.6 Å². The van der Waals surface area contributed by atoms with Gasteiger partial charge in [0.05, 0.1) is 6.10 Å². The van der Waals surface area contributed by atoms with E-state index in [4.69, 9.17) is 0 Å². The number of nitrogens with zero attached hydrogens (tertiary/aromatic N) is 1. The van der Waals surface area contributed by atoms with Crippen LogP contribution in [0.1, 0.15) is 58.3 Å². The molecule has 2 nitrogen and oxygen atoms in total. The molecule has 2 heteroatoms. The molecule has 2 fully saturated rings. The van der Waals surface area contributed by atoms with Crippen molar-refractivity contribution in [2.24, 2.45) is 11.8 Å². The molecule has 1 heterocycles. The van der Waals surface area contributed by atoms with Gasteiger partial charge in [-0.15, -0.1) is 0 Å². The fourth-order valence-electron chi connectivity index (χ4n) is 3.85. The van der Waals surface area contributed by atoms with Gasteiger partial charge in [-0.1, -0.05) is 31.9 Å². The first kappa shape index (κ1) is 15.1. The third kappa shape index (κ3) is 5.27. The van der Waals surface area contributed by atoms with Gasteiger partial charge in [0.1, 0.15) is 0 Å². The molecule has 110 valence electrons. The lowest BCUT2D eigenvalue weighted by atomic mass is 9.78. The molecule has 2 unspecified atom stereocenters. The van der Waals surface area contributed by atoms with Crippen molar-refractivity contribution < 1.29 is 5.11 Å². The van der Waals surface area contributed by atoms with Crippen molar-refractivity contribution in [3.8, 4) is 0 Å². The van der Waals surface area contributed by atoms with Gasteiger partial charge >= 0.3 is 0 Å². The fourth-order valence-corrected chi connectivity index (χ4v) is 3.85. The van der Waals surface area contributed by atoms with Gasteiger partial charge in [0.25, 0.3) is 0 Å². The van der Waals surface area contributed by atoms with E-state index in [1.165, 1.54) is 50.6 Å². The Balaban J connectivity index is 1.55. The second-order valence-corrected chi connectivity index (χ2v) is 6.93. The summed E-state index contributed by atoms with van der Waals surface area (Å²) in [5.41, 5.74) is 1.48. The zero-order chi connectivity index (χ0) is 13.7. The van der Waals surface area contributed by atoms with E-state index in [1.807, 2.05) is 0 Å². The van der Waals surface area contributed by atoms with Crippen LogP contribution in [0.3, 0.4) is 0 Å². The van der Waals surface area contributed by atoms with Gasteiger partial charge in [-0.3, -0.25) is 0 Å². The van der Waals surface area contributed by atoms with Gasteiger partial charge in [0, 0.05) is 13.1 Å². The van der Waals surface area contributed by atoms with E-state index in [0.29, 0.717) is 0 Å². The molecule has 0 bridgehead atoms. The van der Waals surface area contributed by atoms with E-state index >= 15 is 0 Å². The monoisotopic (exact) mass is 265 g/mol. The molecule has 2 atom stereocenters. The van der Waals surface area contributed by atoms with Crippen molar-refractivity contribution in [3.63, 3.8) is 0 Å². The number of hydrogen-bond acceptors (Lipinski definition) is 2. The van der Waals surface area contributed by atoms with Crippen molar-refractivity contribution >= 4 is 0 Å². The summed E-state index contributed by atoms with van der Waals surface area (Å²) in [6.07, 6.45) is 9.93. The summed E-state index contributed by atoms with van der Waals surface area (Å²) >= 11 is 0. The summed E-state index contributed by atoms with van der Waals surface area (Å²) < 4.78 is 0. The molecule has 2 rings (SSSR count). The molecule has 1 saturated heterocycles. The molecule has 0 aromatic heterocycles. The molecule has 0 amide bonds. The minimum Gasteiger partial charge on any atom is -0.393 e. The molecule has 0 aromatic carbocycles. The molecule has 0 spiro atoms. The van der Waals surface area contributed by atoms with Crippen molar-refractivity contribution in [2.45, 2.75) is 64.4 Å². The van der Waals surface area contributed by atoms with E-state index in [0.717, 1.165) is 37.8 Å². The van der Waals surface area contributed by atoms with Crippen LogP contribution in [-0.4, -0.2) is 35.7 Å². The smallest absolute Gasteiger partial charge is 0.0564 e. The number of allylic oxidation sites excluding steroid dienone is 1. The SMILES string of the molecule is C=C1CC(C)CC(CCCCN2CCC(O)CC2)C1. The maximum Gasteiger partial charge on any atom is 0.0564 e. The first-order valence-corrected chi connectivity index (χ1v) is 8.20. The van der Waals surface area contributed by atoms with Crippen molar-refractivity contribution in [1.82, 2.24) is 4.90 Å². The van der Waals surface area contributed by atoms with E-state index < -0.39 is 0 Å². The molecule has 0 aromatic rings. The highest BCUT2D eigenvalue weighted by Crippen LogP contribution is 2.34. The minimum atomic E-state index is -0.0361. The van der Waals surface area contributed by atoms with Crippen LogP contribution >= 0.6 is 0 Å². The third-order valence-electron chi connectivity index (χ3n) is 4.84. The Kier molecular flexibility index (Phi) is 5.90. The van der Waals surface area contributed by atoms with E-state index in [1.54, 1.807) is 0 Å². The number of aliphatic hydroxyl groups excluding tert-OH is 1. The number of aliphatic hydroxyl groups is 1. The fraction of sp³-hybridized carbons (Fsp3) is 0.882. The largest absolute Gasteiger partial charge is 0.393 e. The van der Waals surface area contributed by atoms with Gasteiger partial charge in [-0.05, 0) is 56.9 Å². The number of likely N-dealkylation sites (tertiary alicyclic amines) is 1. The molecule has 1 saturated carbocycles. The van der Waals surface area contributed by atoms with E-state index in [2.05, 4.69) is 18.4 Å². The average Bonchev–Trinajstić information content (AvgIpc) is 2.36. The zero-order valence-electron chi connectivity index (χ0n) is 12.6. The summed E-state index contributed by atoms with van der Waals surface area (Å²) in [6, 6.07) is 0. The summed E-state index contributed by atoms with van der Waals surface area (Å²) in [5.74, 6) is 1.76. The molecular formula is C17H31NO. The van der Waals surface area contributed by atoms with Crippen LogP contribution in [0.2, 0.25) is 0 Å².